The molecule has 1 aromatic heterocycles. The summed E-state index contributed by atoms with van der Waals surface area (Å²) in [6.07, 6.45) is 4.04. The first-order chi connectivity index (χ1) is 11.7. The van der Waals surface area contributed by atoms with Crippen LogP contribution in [-0.2, 0) is 16.0 Å². The number of nitrogens with zero attached hydrogens (tertiary/aromatic N) is 2. The number of carbonyl (C=O) groups excluding carboxylic acids is 1. The van der Waals surface area contributed by atoms with Crippen LogP contribution in [0.15, 0.2) is 28.8 Å². The molecule has 128 valence electrons. The van der Waals surface area contributed by atoms with E-state index in [4.69, 9.17) is 9.26 Å². The van der Waals surface area contributed by atoms with Crippen molar-refractivity contribution in [2.45, 2.75) is 45.1 Å². The van der Waals surface area contributed by atoms with Gasteiger partial charge in [0, 0.05) is 31.6 Å². The van der Waals surface area contributed by atoms with E-state index in [1.807, 2.05) is 31.2 Å². The van der Waals surface area contributed by atoms with Crippen LogP contribution >= 0.6 is 0 Å². The van der Waals surface area contributed by atoms with Crippen LogP contribution in [0.4, 0.5) is 0 Å². The van der Waals surface area contributed by atoms with Crippen molar-refractivity contribution in [1.29, 1.82) is 0 Å². The first-order valence-corrected chi connectivity index (χ1v) is 8.48. The van der Waals surface area contributed by atoms with Crippen LogP contribution in [0.3, 0.4) is 0 Å². The smallest absolute Gasteiger partial charge is 0.226 e. The summed E-state index contributed by atoms with van der Waals surface area (Å²) in [7, 11) is 0. The molecule has 6 heteroatoms. The predicted octanol–water partition coefficient (Wildman–Crippen LogP) is 2.66. The number of nitrogens with one attached hydrogen (secondary N) is 1. The van der Waals surface area contributed by atoms with Crippen molar-refractivity contribution in [3.63, 3.8) is 0 Å². The summed E-state index contributed by atoms with van der Waals surface area (Å²) in [5, 5.41) is 6.92. The SMILES string of the molecule is Cc1ccc(-c2noc(CCCC(=O)NC[C@H]3CCCO3)n2)cc1. The van der Waals surface area contributed by atoms with Crippen molar-refractivity contribution in [3.8, 4) is 11.4 Å². The molecule has 1 aliphatic rings. The van der Waals surface area contributed by atoms with Gasteiger partial charge in [0.15, 0.2) is 0 Å². The molecule has 24 heavy (non-hydrogen) atoms. The Kier molecular flexibility index (Phi) is 5.59. The fourth-order valence-corrected chi connectivity index (χ4v) is 2.70. The molecule has 0 aliphatic carbocycles. The third-order valence-electron chi connectivity index (χ3n) is 4.12. The second-order valence-electron chi connectivity index (χ2n) is 6.17. The molecule has 2 heterocycles. The van der Waals surface area contributed by atoms with Gasteiger partial charge >= 0.3 is 0 Å². The highest BCUT2D eigenvalue weighted by Gasteiger charge is 2.16. The van der Waals surface area contributed by atoms with Gasteiger partial charge in [-0.15, -0.1) is 0 Å². The molecule has 1 N–H and O–H groups in total. The second kappa shape index (κ2) is 8.06. The Hall–Kier alpha value is -2.21. The van der Waals surface area contributed by atoms with Crippen LogP contribution in [0.1, 0.15) is 37.1 Å². The normalized spacial score (nSPS) is 17.1. The number of aromatic nitrogens is 2. The Labute approximate surface area is 141 Å². The Morgan fingerprint density at radius 2 is 2.17 bits per heavy atom. The molecule has 1 atom stereocenters. The molecular weight excluding hydrogens is 306 g/mol. The molecule has 1 aromatic carbocycles. The van der Waals surface area contributed by atoms with E-state index in [-0.39, 0.29) is 12.0 Å². The van der Waals surface area contributed by atoms with Crippen LogP contribution in [-0.4, -0.2) is 35.3 Å². The fraction of sp³-hybridized carbons (Fsp3) is 0.500. The van der Waals surface area contributed by atoms with Gasteiger partial charge in [-0.25, -0.2) is 0 Å². The molecule has 1 amide bonds. The molecule has 1 aliphatic heterocycles. The number of amides is 1. The summed E-state index contributed by atoms with van der Waals surface area (Å²) in [6.45, 7) is 3.45. The van der Waals surface area contributed by atoms with E-state index in [1.165, 1.54) is 5.56 Å². The quantitative estimate of drug-likeness (QED) is 0.845. The average molecular weight is 329 g/mol. The lowest BCUT2D eigenvalue weighted by Gasteiger charge is -2.10. The van der Waals surface area contributed by atoms with Crippen molar-refractivity contribution in [2.75, 3.05) is 13.2 Å². The maximum absolute atomic E-state index is 11.8. The fourth-order valence-electron chi connectivity index (χ4n) is 2.70. The Balaban J connectivity index is 1.40. The molecule has 0 radical (unpaired) electrons. The first kappa shape index (κ1) is 16.6. The van der Waals surface area contributed by atoms with E-state index in [0.717, 1.165) is 25.0 Å². The van der Waals surface area contributed by atoms with Gasteiger partial charge in [0.2, 0.25) is 17.6 Å². The standard InChI is InChI=1S/C18H23N3O3/c1-13-7-9-14(10-8-13)18-20-17(24-21-18)6-2-5-16(22)19-12-15-4-3-11-23-15/h7-10,15H,2-6,11-12H2,1H3,(H,19,22)/t15-/m1/s1. The summed E-state index contributed by atoms with van der Waals surface area (Å²) in [4.78, 5) is 16.2. The lowest BCUT2D eigenvalue weighted by Crippen LogP contribution is -2.31. The van der Waals surface area contributed by atoms with Crippen LogP contribution in [0, 0.1) is 6.92 Å². The molecule has 0 saturated carbocycles. The minimum atomic E-state index is 0.0452. The van der Waals surface area contributed by atoms with Crippen molar-refractivity contribution in [3.05, 3.63) is 35.7 Å². The summed E-state index contributed by atoms with van der Waals surface area (Å²) in [6, 6.07) is 7.98. The topological polar surface area (TPSA) is 77.2 Å². The largest absolute Gasteiger partial charge is 0.376 e. The Morgan fingerprint density at radius 1 is 1.33 bits per heavy atom. The van der Waals surface area contributed by atoms with Gasteiger partial charge in [0.25, 0.3) is 0 Å². The molecule has 0 bridgehead atoms. The van der Waals surface area contributed by atoms with Crippen LogP contribution in [0.2, 0.25) is 0 Å². The number of aryl methyl sites for hydroxylation is 2. The van der Waals surface area contributed by atoms with E-state index < -0.39 is 0 Å². The highest BCUT2D eigenvalue weighted by Crippen LogP contribution is 2.17. The average Bonchev–Trinajstić information content (AvgIpc) is 3.25. The first-order valence-electron chi connectivity index (χ1n) is 8.48. The van der Waals surface area contributed by atoms with E-state index in [2.05, 4.69) is 15.5 Å². The van der Waals surface area contributed by atoms with Crippen LogP contribution < -0.4 is 5.32 Å². The van der Waals surface area contributed by atoms with Crippen molar-refractivity contribution < 1.29 is 14.1 Å². The minimum absolute atomic E-state index is 0.0452. The number of hydrogen-bond acceptors (Lipinski definition) is 5. The monoisotopic (exact) mass is 329 g/mol. The molecule has 2 aromatic rings. The molecule has 0 spiro atoms. The molecule has 3 rings (SSSR count). The van der Waals surface area contributed by atoms with Gasteiger partial charge in [0.1, 0.15) is 0 Å². The van der Waals surface area contributed by atoms with E-state index in [9.17, 15) is 4.79 Å². The summed E-state index contributed by atoms with van der Waals surface area (Å²) < 4.78 is 10.7. The van der Waals surface area contributed by atoms with Crippen molar-refractivity contribution in [2.24, 2.45) is 0 Å². The highest BCUT2D eigenvalue weighted by atomic mass is 16.5. The van der Waals surface area contributed by atoms with Gasteiger partial charge in [-0.2, -0.15) is 4.98 Å². The minimum Gasteiger partial charge on any atom is -0.376 e. The number of benzene rings is 1. The lowest BCUT2D eigenvalue weighted by atomic mass is 10.1. The van der Waals surface area contributed by atoms with Crippen LogP contribution in [0.25, 0.3) is 11.4 Å². The van der Waals surface area contributed by atoms with Gasteiger partial charge in [-0.1, -0.05) is 35.0 Å². The third kappa shape index (κ3) is 4.64. The molecule has 1 fully saturated rings. The maximum Gasteiger partial charge on any atom is 0.226 e. The molecule has 0 unspecified atom stereocenters. The highest BCUT2D eigenvalue weighted by molar-refractivity contribution is 5.75. The second-order valence-corrected chi connectivity index (χ2v) is 6.17. The number of ether oxygens (including phenoxy) is 1. The molecule has 1 saturated heterocycles. The Bertz CT molecular complexity index is 660. The van der Waals surface area contributed by atoms with Gasteiger partial charge in [-0.3, -0.25) is 4.79 Å². The van der Waals surface area contributed by atoms with Crippen molar-refractivity contribution >= 4 is 5.91 Å². The molecule has 6 nitrogen and oxygen atoms in total. The van der Waals surface area contributed by atoms with E-state index in [0.29, 0.717) is 37.5 Å². The number of rotatable bonds is 7. The zero-order chi connectivity index (χ0) is 16.8. The third-order valence-corrected chi connectivity index (χ3v) is 4.12. The Morgan fingerprint density at radius 3 is 2.92 bits per heavy atom. The van der Waals surface area contributed by atoms with E-state index >= 15 is 0 Å². The van der Waals surface area contributed by atoms with Crippen LogP contribution in [0.5, 0.6) is 0 Å². The summed E-state index contributed by atoms with van der Waals surface area (Å²) >= 11 is 0. The van der Waals surface area contributed by atoms with Gasteiger partial charge < -0.3 is 14.6 Å². The van der Waals surface area contributed by atoms with Crippen molar-refractivity contribution in [1.82, 2.24) is 15.5 Å². The predicted molar refractivity (Wildman–Crippen MR) is 89.4 cm³/mol. The lowest BCUT2D eigenvalue weighted by molar-refractivity contribution is -0.121. The number of hydrogen-bond donors (Lipinski definition) is 1. The van der Waals surface area contributed by atoms with Gasteiger partial charge in [-0.05, 0) is 26.2 Å². The summed E-state index contributed by atoms with van der Waals surface area (Å²) in [5.74, 6) is 1.20. The number of carbonyl (C=O) groups is 1. The summed E-state index contributed by atoms with van der Waals surface area (Å²) in [5.41, 5.74) is 2.13. The van der Waals surface area contributed by atoms with E-state index in [1.54, 1.807) is 0 Å². The zero-order valence-electron chi connectivity index (χ0n) is 14.0. The maximum atomic E-state index is 11.8. The molecular formula is C18H23N3O3. The van der Waals surface area contributed by atoms with Gasteiger partial charge in [0.05, 0.1) is 6.10 Å². The zero-order valence-corrected chi connectivity index (χ0v) is 14.0.